The summed E-state index contributed by atoms with van der Waals surface area (Å²) in [7, 11) is 0. The molecule has 24 nitrogen and oxygen atoms in total. The summed E-state index contributed by atoms with van der Waals surface area (Å²) in [5, 5.41) is 117. The Morgan fingerprint density at radius 2 is 1.46 bits per heavy atom. The van der Waals surface area contributed by atoms with Gasteiger partial charge in [0.1, 0.15) is 73.1 Å². The van der Waals surface area contributed by atoms with Crippen LogP contribution in [0.4, 0.5) is 0 Å². The van der Waals surface area contributed by atoms with Crippen molar-refractivity contribution < 1.29 is 104 Å². The number of nitrogens with one attached hydrogen (secondary N) is 2. The summed E-state index contributed by atoms with van der Waals surface area (Å²) in [4.78, 5) is 48.1. The molecule has 3 rings (SSSR count). The molecule has 24 heteroatoms. The van der Waals surface area contributed by atoms with Crippen molar-refractivity contribution in [2.75, 3.05) is 26.4 Å². The van der Waals surface area contributed by atoms with Crippen LogP contribution in [-0.4, -0.2) is 210 Å². The molecule has 3 aliphatic heterocycles. The van der Waals surface area contributed by atoms with Crippen LogP contribution >= 0.6 is 0 Å². The van der Waals surface area contributed by atoms with Crippen LogP contribution in [0.5, 0.6) is 0 Å². The SMILES string of the molecule is CC(=O)N[C@H]1[C@@H](OC[C@@H](N)C(=O)O)O[C@H](CO[C@]2(C(=O)O)C[C@H](O)[C@@H](NC(C)=O)[C@H]([C@H](O)[C@H](O)CO)O2)[C@H](O)[C@@H]1O[C@@H]1O[C@H](CO)[C@H](O)[C@H](O)[C@H]1O. The molecule has 3 fully saturated rings. The number of carbonyl (C=O) groups excluding carboxylic acids is 2. The van der Waals surface area contributed by atoms with Crippen molar-refractivity contribution in [2.24, 2.45) is 5.73 Å². The Kier molecular flexibility index (Phi) is 15.5. The molecule has 3 heterocycles. The van der Waals surface area contributed by atoms with E-state index in [0.717, 1.165) is 13.8 Å². The van der Waals surface area contributed by atoms with Crippen molar-refractivity contribution in [2.45, 2.75) is 124 Å². The Morgan fingerprint density at radius 3 is 2.00 bits per heavy atom. The number of aliphatic hydroxyl groups is 9. The molecular formula is C28H47N3O21. The van der Waals surface area contributed by atoms with Gasteiger partial charge in [-0.2, -0.15) is 0 Å². The molecule has 0 aromatic rings. The third kappa shape index (κ3) is 10.1. The fraction of sp³-hybridized carbons (Fsp3) is 0.857. The van der Waals surface area contributed by atoms with Gasteiger partial charge >= 0.3 is 11.9 Å². The third-order valence-electron chi connectivity index (χ3n) is 8.61. The number of rotatable bonds is 16. The number of ether oxygens (including phenoxy) is 6. The molecule has 0 spiro atoms. The first-order valence-corrected chi connectivity index (χ1v) is 15.9. The Labute approximate surface area is 294 Å². The number of aliphatic carboxylic acids is 2. The van der Waals surface area contributed by atoms with Gasteiger partial charge in [-0.05, 0) is 0 Å². The minimum absolute atomic E-state index is 0.751. The zero-order valence-electron chi connectivity index (χ0n) is 27.9. The van der Waals surface area contributed by atoms with Crippen molar-refractivity contribution in [3.63, 3.8) is 0 Å². The van der Waals surface area contributed by atoms with Crippen molar-refractivity contribution in [3.8, 4) is 0 Å². The lowest BCUT2D eigenvalue weighted by Gasteiger charge is -2.49. The van der Waals surface area contributed by atoms with Crippen molar-refractivity contribution in [3.05, 3.63) is 0 Å². The maximum Gasteiger partial charge on any atom is 0.364 e. The van der Waals surface area contributed by atoms with Gasteiger partial charge in [0.25, 0.3) is 5.79 Å². The third-order valence-corrected chi connectivity index (χ3v) is 8.61. The summed E-state index contributed by atoms with van der Waals surface area (Å²) < 4.78 is 33.5. The molecule has 0 unspecified atom stereocenters. The van der Waals surface area contributed by atoms with Crippen LogP contribution in [-0.2, 0) is 47.6 Å². The highest BCUT2D eigenvalue weighted by Crippen LogP contribution is 2.36. The van der Waals surface area contributed by atoms with Gasteiger partial charge in [-0.25, -0.2) is 4.79 Å². The van der Waals surface area contributed by atoms with E-state index < -0.39 is 160 Å². The maximum absolute atomic E-state index is 12.7. The average molecular weight is 762 g/mol. The van der Waals surface area contributed by atoms with E-state index in [1.807, 2.05) is 0 Å². The van der Waals surface area contributed by atoms with E-state index in [-0.39, 0.29) is 0 Å². The number of aliphatic hydroxyl groups excluding tert-OH is 9. The van der Waals surface area contributed by atoms with E-state index in [9.17, 15) is 75.3 Å². The maximum atomic E-state index is 12.7. The second-order valence-electron chi connectivity index (χ2n) is 12.5. The van der Waals surface area contributed by atoms with Gasteiger partial charge in [0.2, 0.25) is 11.8 Å². The summed E-state index contributed by atoms with van der Waals surface area (Å²) in [6.07, 6.45) is -25.4. The number of carboxylic acid groups (broad SMARTS) is 2. The molecule has 0 aliphatic carbocycles. The molecule has 0 aromatic carbocycles. The first-order chi connectivity index (χ1) is 24.3. The fourth-order valence-electron chi connectivity index (χ4n) is 5.85. The van der Waals surface area contributed by atoms with Gasteiger partial charge in [0.15, 0.2) is 12.6 Å². The van der Waals surface area contributed by atoms with E-state index in [0.29, 0.717) is 0 Å². The van der Waals surface area contributed by atoms with Gasteiger partial charge in [-0.3, -0.25) is 14.4 Å². The van der Waals surface area contributed by atoms with Crippen LogP contribution in [0.1, 0.15) is 20.3 Å². The number of amides is 2. The topological polar surface area (TPSA) is 396 Å². The Morgan fingerprint density at radius 1 is 0.865 bits per heavy atom. The van der Waals surface area contributed by atoms with Crippen LogP contribution in [0, 0.1) is 0 Å². The lowest BCUT2D eigenvalue weighted by Crippen LogP contribution is -2.69. The predicted molar refractivity (Wildman–Crippen MR) is 161 cm³/mol. The summed E-state index contributed by atoms with van der Waals surface area (Å²) in [6.45, 7) is -1.66. The van der Waals surface area contributed by atoms with Gasteiger partial charge in [0.05, 0.1) is 38.6 Å². The molecule has 3 saturated heterocycles. The normalized spacial score (nSPS) is 39.9. The van der Waals surface area contributed by atoms with Crippen LogP contribution in [0.3, 0.4) is 0 Å². The molecule has 17 atom stereocenters. The predicted octanol–water partition coefficient (Wildman–Crippen LogP) is -8.64. The minimum Gasteiger partial charge on any atom is -0.480 e. The quantitative estimate of drug-likeness (QED) is 0.0694. The first kappa shape index (κ1) is 43.6. The minimum atomic E-state index is -2.91. The zero-order valence-corrected chi connectivity index (χ0v) is 27.9. The van der Waals surface area contributed by atoms with Gasteiger partial charge < -0.3 is 101 Å². The summed E-state index contributed by atoms with van der Waals surface area (Å²) in [6, 6.07) is -4.79. The fourth-order valence-corrected chi connectivity index (χ4v) is 5.85. The Bertz CT molecular complexity index is 1230. The molecule has 0 saturated carbocycles. The molecule has 0 aromatic heterocycles. The highest BCUT2D eigenvalue weighted by molar-refractivity contribution is 5.76. The molecule has 15 N–H and O–H groups in total. The monoisotopic (exact) mass is 761 g/mol. The molecule has 0 radical (unpaired) electrons. The van der Waals surface area contributed by atoms with Crippen LogP contribution < -0.4 is 16.4 Å². The van der Waals surface area contributed by atoms with E-state index in [2.05, 4.69) is 10.6 Å². The van der Waals surface area contributed by atoms with Gasteiger partial charge in [0, 0.05) is 20.3 Å². The lowest BCUT2D eigenvalue weighted by molar-refractivity contribution is -0.354. The van der Waals surface area contributed by atoms with Crippen molar-refractivity contribution in [1.82, 2.24) is 10.6 Å². The second-order valence-corrected chi connectivity index (χ2v) is 12.5. The van der Waals surface area contributed by atoms with Gasteiger partial charge in [-0.1, -0.05) is 0 Å². The molecular weight excluding hydrogens is 714 g/mol. The highest BCUT2D eigenvalue weighted by Gasteiger charge is 2.57. The highest BCUT2D eigenvalue weighted by atomic mass is 16.8. The van der Waals surface area contributed by atoms with Crippen LogP contribution in [0.15, 0.2) is 0 Å². The molecule has 3 aliphatic rings. The standard InChI is InChI=1S/C28H47N3O21/c1-8(34)30-15-11(36)3-28(27(45)46,52-23(15)17(38)12(37)4-32)48-7-14-19(40)22(51-26-21(42)20(41)18(39)13(5-33)49-26)16(31-9(2)35)25(50-14)47-6-10(29)24(43)44/h10-23,25-26,32-33,36-42H,3-7,29H2,1-2H3,(H,30,34)(H,31,35)(H,43,44)(H,45,46)/t10-,11+,12-,13-,14-,15-,16-,17-,18+,19+,20+,21-,22-,23-,25+,26+,28-/m1/s1. The van der Waals surface area contributed by atoms with Crippen molar-refractivity contribution >= 4 is 23.8 Å². The Hall–Kier alpha value is -2.76. The molecule has 300 valence electrons. The van der Waals surface area contributed by atoms with Crippen LogP contribution in [0.25, 0.3) is 0 Å². The van der Waals surface area contributed by atoms with Crippen molar-refractivity contribution in [1.29, 1.82) is 0 Å². The number of hydrogen-bond donors (Lipinski definition) is 14. The summed E-state index contributed by atoms with van der Waals surface area (Å²) >= 11 is 0. The van der Waals surface area contributed by atoms with E-state index in [4.69, 9.17) is 34.2 Å². The smallest absolute Gasteiger partial charge is 0.364 e. The Balaban J connectivity index is 1.99. The lowest BCUT2D eigenvalue weighted by atomic mass is 9.88. The summed E-state index contributed by atoms with van der Waals surface area (Å²) in [5.41, 5.74) is 5.55. The molecule has 52 heavy (non-hydrogen) atoms. The number of nitrogens with two attached hydrogens (primary N) is 1. The number of hydrogen-bond acceptors (Lipinski definition) is 20. The van der Waals surface area contributed by atoms with Crippen LogP contribution in [0.2, 0.25) is 0 Å². The molecule has 0 bridgehead atoms. The van der Waals surface area contributed by atoms with E-state index >= 15 is 0 Å². The van der Waals surface area contributed by atoms with E-state index in [1.165, 1.54) is 0 Å². The second kappa shape index (κ2) is 18.5. The van der Waals surface area contributed by atoms with Gasteiger partial charge in [-0.15, -0.1) is 0 Å². The molecule has 2 amide bonds. The summed E-state index contributed by atoms with van der Waals surface area (Å²) in [5.74, 6) is -7.88. The first-order valence-electron chi connectivity index (χ1n) is 15.9. The number of carbonyl (C=O) groups is 4. The zero-order chi connectivity index (χ0) is 39.2. The largest absolute Gasteiger partial charge is 0.480 e. The average Bonchev–Trinajstić information content (AvgIpc) is 3.08. The number of carboxylic acids is 2. The van der Waals surface area contributed by atoms with E-state index in [1.54, 1.807) is 0 Å².